The molecule has 0 spiro atoms. The zero-order valence-electron chi connectivity index (χ0n) is 15.2. The highest BCUT2D eigenvalue weighted by Gasteiger charge is 2.33. The molecule has 134 valence electrons. The zero-order valence-corrected chi connectivity index (χ0v) is 15.2. The van der Waals surface area contributed by atoms with E-state index in [0.29, 0.717) is 11.8 Å². The monoisotopic (exact) mass is 334 g/mol. The van der Waals surface area contributed by atoms with Gasteiger partial charge in [-0.15, -0.1) is 0 Å². The third-order valence-electron chi connectivity index (χ3n) is 5.60. The first kappa shape index (κ1) is 17.4. The van der Waals surface area contributed by atoms with Gasteiger partial charge in [0.25, 0.3) is 0 Å². The Morgan fingerprint density at radius 1 is 1.29 bits per heavy atom. The maximum absolute atomic E-state index is 12.9. The molecule has 1 aromatic heterocycles. The summed E-state index contributed by atoms with van der Waals surface area (Å²) < 4.78 is 5.40. The molecule has 0 aromatic carbocycles. The molecule has 2 aliphatic heterocycles. The van der Waals surface area contributed by atoms with Gasteiger partial charge in [-0.2, -0.15) is 4.98 Å². The van der Waals surface area contributed by atoms with Gasteiger partial charge in [-0.1, -0.05) is 19.0 Å². The molecule has 0 radical (unpaired) electrons. The van der Waals surface area contributed by atoms with Crippen LogP contribution in [-0.2, 0) is 11.2 Å². The first-order valence-electron chi connectivity index (χ1n) is 9.43. The second-order valence-electron chi connectivity index (χ2n) is 7.42. The van der Waals surface area contributed by atoms with Gasteiger partial charge >= 0.3 is 0 Å². The van der Waals surface area contributed by atoms with Crippen LogP contribution >= 0.6 is 0 Å². The van der Waals surface area contributed by atoms with E-state index in [9.17, 15) is 4.79 Å². The summed E-state index contributed by atoms with van der Waals surface area (Å²) in [5.74, 6) is 2.64. The molecular weight excluding hydrogens is 304 g/mol. The van der Waals surface area contributed by atoms with Crippen molar-refractivity contribution in [3.05, 3.63) is 11.7 Å². The lowest BCUT2D eigenvalue weighted by molar-refractivity contribution is -0.139. The van der Waals surface area contributed by atoms with Crippen LogP contribution in [0.3, 0.4) is 0 Å². The Morgan fingerprint density at radius 3 is 2.71 bits per heavy atom. The average molecular weight is 334 g/mol. The van der Waals surface area contributed by atoms with Gasteiger partial charge < -0.3 is 9.42 Å². The Kier molecular flexibility index (Phi) is 5.54. The summed E-state index contributed by atoms with van der Waals surface area (Å²) in [6.45, 7) is 10.0. The summed E-state index contributed by atoms with van der Waals surface area (Å²) in [4.78, 5) is 21.7. The first-order chi connectivity index (χ1) is 11.6. The molecule has 1 aromatic rings. The van der Waals surface area contributed by atoms with Gasteiger partial charge in [0.2, 0.25) is 11.8 Å². The lowest BCUT2D eigenvalue weighted by Crippen LogP contribution is -2.47. The molecule has 2 saturated heterocycles. The molecule has 6 nitrogen and oxygen atoms in total. The van der Waals surface area contributed by atoms with E-state index in [1.165, 1.54) is 0 Å². The van der Waals surface area contributed by atoms with Crippen LogP contribution in [-0.4, -0.2) is 52.0 Å². The fourth-order valence-corrected chi connectivity index (χ4v) is 3.78. The first-order valence-corrected chi connectivity index (χ1v) is 9.43. The number of rotatable bonds is 4. The SMILES string of the molecule is CCc1noc([C@H](C)N2CCC[C@@H](C(=O)N3CCC(C)CC3)C2)n1. The number of piperidine rings is 2. The van der Waals surface area contributed by atoms with Crippen molar-refractivity contribution < 1.29 is 9.32 Å². The van der Waals surface area contributed by atoms with Crippen LogP contribution in [0.25, 0.3) is 0 Å². The van der Waals surface area contributed by atoms with E-state index >= 15 is 0 Å². The third-order valence-corrected chi connectivity index (χ3v) is 5.60. The fourth-order valence-electron chi connectivity index (χ4n) is 3.78. The second kappa shape index (κ2) is 7.64. The largest absolute Gasteiger partial charge is 0.342 e. The van der Waals surface area contributed by atoms with Crippen molar-refractivity contribution in [2.75, 3.05) is 26.2 Å². The van der Waals surface area contributed by atoms with Crippen LogP contribution in [0, 0.1) is 11.8 Å². The predicted octanol–water partition coefficient (Wildman–Crippen LogP) is 2.66. The molecule has 2 atom stereocenters. The second-order valence-corrected chi connectivity index (χ2v) is 7.42. The minimum atomic E-state index is 0.0785. The summed E-state index contributed by atoms with van der Waals surface area (Å²) in [5.41, 5.74) is 0. The van der Waals surface area contributed by atoms with Gasteiger partial charge in [0.15, 0.2) is 5.82 Å². The lowest BCUT2D eigenvalue weighted by Gasteiger charge is -2.38. The van der Waals surface area contributed by atoms with E-state index < -0.39 is 0 Å². The summed E-state index contributed by atoms with van der Waals surface area (Å²) in [6, 6.07) is 0.0785. The van der Waals surface area contributed by atoms with Crippen LogP contribution in [0.4, 0.5) is 0 Å². The number of hydrogen-bond donors (Lipinski definition) is 0. The van der Waals surface area contributed by atoms with E-state index in [1.54, 1.807) is 0 Å². The predicted molar refractivity (Wildman–Crippen MR) is 91.4 cm³/mol. The lowest BCUT2D eigenvalue weighted by atomic mass is 9.93. The normalized spacial score (nSPS) is 25.0. The van der Waals surface area contributed by atoms with E-state index in [1.807, 2.05) is 6.92 Å². The van der Waals surface area contributed by atoms with Crippen LogP contribution in [0.5, 0.6) is 0 Å². The van der Waals surface area contributed by atoms with Crippen LogP contribution in [0.15, 0.2) is 4.52 Å². The topological polar surface area (TPSA) is 62.5 Å². The summed E-state index contributed by atoms with van der Waals surface area (Å²) in [6.07, 6.45) is 5.11. The number of nitrogens with zero attached hydrogens (tertiary/aromatic N) is 4. The highest BCUT2D eigenvalue weighted by molar-refractivity contribution is 5.79. The fraction of sp³-hybridized carbons (Fsp3) is 0.833. The molecule has 3 rings (SSSR count). The van der Waals surface area contributed by atoms with Gasteiger partial charge in [0.05, 0.1) is 12.0 Å². The Labute approximate surface area is 144 Å². The number of carbonyl (C=O) groups is 1. The van der Waals surface area contributed by atoms with Crippen LogP contribution in [0.1, 0.15) is 64.2 Å². The van der Waals surface area contributed by atoms with Gasteiger partial charge in [-0.05, 0) is 45.1 Å². The van der Waals surface area contributed by atoms with E-state index in [0.717, 1.165) is 70.0 Å². The molecule has 0 aliphatic carbocycles. The van der Waals surface area contributed by atoms with Crippen molar-refractivity contribution >= 4 is 5.91 Å². The standard InChI is InChI=1S/C18H30N4O2/c1-4-16-19-17(24-20-16)14(3)22-9-5-6-15(12-22)18(23)21-10-7-13(2)8-11-21/h13-15H,4-12H2,1-3H3/t14-,15+/m0/s1. The van der Waals surface area contributed by atoms with Gasteiger partial charge in [0.1, 0.15) is 0 Å². The zero-order chi connectivity index (χ0) is 17.1. The Hall–Kier alpha value is -1.43. The van der Waals surface area contributed by atoms with Gasteiger partial charge in [0, 0.05) is 26.1 Å². The molecule has 1 amide bonds. The Morgan fingerprint density at radius 2 is 2.04 bits per heavy atom. The molecule has 0 saturated carbocycles. The van der Waals surface area contributed by atoms with E-state index in [-0.39, 0.29) is 12.0 Å². The number of amides is 1. The maximum Gasteiger partial charge on any atom is 0.243 e. The van der Waals surface area contributed by atoms with Crippen molar-refractivity contribution in [2.24, 2.45) is 11.8 Å². The summed E-state index contributed by atoms with van der Waals surface area (Å²) >= 11 is 0. The number of carbonyl (C=O) groups excluding carboxylic acids is 1. The number of hydrogen-bond acceptors (Lipinski definition) is 5. The number of likely N-dealkylation sites (tertiary alicyclic amines) is 2. The third kappa shape index (κ3) is 3.79. The van der Waals surface area contributed by atoms with Crippen molar-refractivity contribution in [1.29, 1.82) is 0 Å². The van der Waals surface area contributed by atoms with Crippen LogP contribution < -0.4 is 0 Å². The molecule has 6 heteroatoms. The van der Waals surface area contributed by atoms with Crippen molar-refractivity contribution in [3.63, 3.8) is 0 Å². The molecular formula is C18H30N4O2. The summed E-state index contributed by atoms with van der Waals surface area (Å²) in [7, 11) is 0. The number of aryl methyl sites for hydroxylation is 1. The summed E-state index contributed by atoms with van der Waals surface area (Å²) in [5, 5.41) is 4.00. The Bertz CT molecular complexity index is 551. The minimum Gasteiger partial charge on any atom is -0.342 e. The Balaban J connectivity index is 1.60. The molecule has 0 bridgehead atoms. The molecule has 24 heavy (non-hydrogen) atoms. The van der Waals surface area contributed by atoms with Gasteiger partial charge in [-0.25, -0.2) is 0 Å². The maximum atomic E-state index is 12.9. The highest BCUT2D eigenvalue weighted by atomic mass is 16.5. The number of aromatic nitrogens is 2. The molecule has 2 aliphatic rings. The van der Waals surface area contributed by atoms with Crippen molar-refractivity contribution in [3.8, 4) is 0 Å². The quantitative estimate of drug-likeness (QED) is 0.847. The molecule has 3 heterocycles. The molecule has 0 N–H and O–H groups in total. The highest BCUT2D eigenvalue weighted by Crippen LogP contribution is 2.28. The van der Waals surface area contributed by atoms with E-state index in [2.05, 4.69) is 33.8 Å². The van der Waals surface area contributed by atoms with Crippen LogP contribution in [0.2, 0.25) is 0 Å². The average Bonchev–Trinajstić information content (AvgIpc) is 3.10. The smallest absolute Gasteiger partial charge is 0.243 e. The van der Waals surface area contributed by atoms with E-state index in [4.69, 9.17) is 4.52 Å². The van der Waals surface area contributed by atoms with Crippen molar-refractivity contribution in [2.45, 2.75) is 58.9 Å². The minimum absolute atomic E-state index is 0.0785. The molecule has 0 unspecified atom stereocenters. The van der Waals surface area contributed by atoms with Gasteiger partial charge in [-0.3, -0.25) is 9.69 Å². The van der Waals surface area contributed by atoms with Crippen molar-refractivity contribution in [1.82, 2.24) is 19.9 Å². The molecule has 2 fully saturated rings.